The molecule has 0 spiro atoms. The molecule has 1 aromatic carbocycles. The lowest BCUT2D eigenvalue weighted by Gasteiger charge is -2.22. The van der Waals surface area contributed by atoms with Crippen molar-refractivity contribution in [1.82, 2.24) is 4.72 Å². The highest BCUT2D eigenvalue weighted by atomic mass is 79.9. The molecule has 2 rings (SSSR count). The van der Waals surface area contributed by atoms with Crippen molar-refractivity contribution in [2.75, 3.05) is 0 Å². The van der Waals surface area contributed by atoms with Crippen LogP contribution >= 0.6 is 15.9 Å². The zero-order chi connectivity index (χ0) is 13.2. The van der Waals surface area contributed by atoms with Crippen LogP contribution in [0.2, 0.25) is 0 Å². The van der Waals surface area contributed by atoms with Gasteiger partial charge in [-0.25, -0.2) is 13.1 Å². The quantitative estimate of drug-likeness (QED) is 0.923. The lowest BCUT2D eigenvalue weighted by Crippen LogP contribution is -2.37. The van der Waals surface area contributed by atoms with Crippen LogP contribution in [0, 0.1) is 0 Å². The van der Waals surface area contributed by atoms with Gasteiger partial charge in [0, 0.05) is 23.4 Å². The third-order valence-electron chi connectivity index (χ3n) is 2.99. The number of halogens is 1. The summed E-state index contributed by atoms with van der Waals surface area (Å²) in [5.41, 5.74) is 0. The van der Waals surface area contributed by atoms with Gasteiger partial charge >= 0.3 is 0 Å². The minimum Gasteiger partial charge on any atom is -0.300 e. The lowest BCUT2D eigenvalue weighted by molar-refractivity contribution is -0.120. The maximum atomic E-state index is 12.1. The van der Waals surface area contributed by atoms with Crippen molar-refractivity contribution >= 4 is 31.7 Å². The van der Waals surface area contributed by atoms with Crippen molar-refractivity contribution in [1.29, 1.82) is 0 Å². The van der Waals surface area contributed by atoms with Gasteiger partial charge < -0.3 is 0 Å². The summed E-state index contributed by atoms with van der Waals surface area (Å²) in [5, 5.41) is 0. The summed E-state index contributed by atoms with van der Waals surface area (Å²) in [4.78, 5) is 11.4. The van der Waals surface area contributed by atoms with Gasteiger partial charge in [0.2, 0.25) is 10.0 Å². The van der Waals surface area contributed by atoms with E-state index in [0.717, 1.165) is 4.47 Å². The third-order valence-corrected chi connectivity index (χ3v) is 5.05. The standard InChI is InChI=1S/C12H14BrNO3S/c13-9-1-7-12(8-2-9)18(16,17)14-10-3-5-11(15)6-4-10/h1-2,7-8,10,14H,3-6H2. The molecule has 1 aliphatic rings. The first-order valence-corrected chi connectivity index (χ1v) is 8.04. The first-order chi connectivity index (χ1) is 8.47. The average Bonchev–Trinajstić information content (AvgIpc) is 2.32. The van der Waals surface area contributed by atoms with E-state index in [4.69, 9.17) is 0 Å². The van der Waals surface area contributed by atoms with Crippen LogP contribution in [0.15, 0.2) is 33.6 Å². The fraction of sp³-hybridized carbons (Fsp3) is 0.417. The largest absolute Gasteiger partial charge is 0.300 e. The number of carbonyl (C=O) groups is 1. The Morgan fingerprint density at radius 2 is 1.67 bits per heavy atom. The second-order valence-electron chi connectivity index (χ2n) is 4.39. The van der Waals surface area contributed by atoms with Crippen molar-refractivity contribution in [3.05, 3.63) is 28.7 Å². The molecule has 0 heterocycles. The van der Waals surface area contributed by atoms with Gasteiger partial charge in [-0.15, -0.1) is 0 Å². The molecule has 4 nitrogen and oxygen atoms in total. The van der Waals surface area contributed by atoms with E-state index in [1.807, 2.05) is 0 Å². The summed E-state index contributed by atoms with van der Waals surface area (Å²) in [7, 11) is -3.48. The molecule has 0 saturated heterocycles. The molecular weight excluding hydrogens is 318 g/mol. The van der Waals surface area contributed by atoms with Crippen molar-refractivity contribution in [2.24, 2.45) is 0 Å². The number of benzene rings is 1. The van der Waals surface area contributed by atoms with Gasteiger partial charge in [0.25, 0.3) is 0 Å². The number of hydrogen-bond donors (Lipinski definition) is 1. The molecule has 1 aliphatic carbocycles. The van der Waals surface area contributed by atoms with Crippen LogP contribution in [0.25, 0.3) is 0 Å². The van der Waals surface area contributed by atoms with E-state index in [0.29, 0.717) is 25.7 Å². The van der Waals surface area contributed by atoms with E-state index in [1.54, 1.807) is 24.3 Å². The zero-order valence-corrected chi connectivity index (χ0v) is 12.1. The Bertz CT molecular complexity index is 529. The number of rotatable bonds is 3. The molecule has 0 aromatic heterocycles. The predicted octanol–water partition coefficient (Wildman–Crippen LogP) is 2.24. The van der Waals surface area contributed by atoms with Crippen LogP contribution in [-0.4, -0.2) is 20.2 Å². The van der Waals surface area contributed by atoms with Crippen molar-refractivity contribution in [2.45, 2.75) is 36.6 Å². The number of Topliss-reactive ketones (excluding diaryl/α,β-unsaturated/α-hetero) is 1. The van der Waals surface area contributed by atoms with Crippen molar-refractivity contribution < 1.29 is 13.2 Å². The van der Waals surface area contributed by atoms with Gasteiger partial charge in [-0.3, -0.25) is 4.79 Å². The van der Waals surface area contributed by atoms with Crippen LogP contribution in [0.3, 0.4) is 0 Å². The number of carbonyl (C=O) groups excluding carboxylic acids is 1. The molecule has 18 heavy (non-hydrogen) atoms. The molecule has 0 amide bonds. The Kier molecular flexibility index (Phi) is 4.19. The van der Waals surface area contributed by atoms with E-state index in [-0.39, 0.29) is 16.7 Å². The molecule has 1 N–H and O–H groups in total. The Labute approximate surface area is 115 Å². The van der Waals surface area contributed by atoms with E-state index in [2.05, 4.69) is 20.7 Å². The monoisotopic (exact) mass is 331 g/mol. The van der Waals surface area contributed by atoms with Crippen LogP contribution in [0.1, 0.15) is 25.7 Å². The molecule has 98 valence electrons. The summed E-state index contributed by atoms with van der Waals surface area (Å²) in [6.07, 6.45) is 2.12. The molecule has 1 fully saturated rings. The third kappa shape index (κ3) is 3.40. The van der Waals surface area contributed by atoms with Crippen molar-refractivity contribution in [3.8, 4) is 0 Å². The highest BCUT2D eigenvalue weighted by molar-refractivity contribution is 9.10. The average molecular weight is 332 g/mol. The summed E-state index contributed by atoms with van der Waals surface area (Å²) in [6, 6.07) is 6.37. The minimum atomic E-state index is -3.48. The van der Waals surface area contributed by atoms with Crippen LogP contribution in [-0.2, 0) is 14.8 Å². The molecule has 0 radical (unpaired) electrons. The summed E-state index contributed by atoms with van der Waals surface area (Å²) in [5.74, 6) is 0.217. The second-order valence-corrected chi connectivity index (χ2v) is 7.02. The first-order valence-electron chi connectivity index (χ1n) is 5.77. The zero-order valence-electron chi connectivity index (χ0n) is 9.73. The van der Waals surface area contributed by atoms with Crippen LogP contribution < -0.4 is 4.72 Å². The molecule has 1 aromatic rings. The van der Waals surface area contributed by atoms with Gasteiger partial charge in [0.15, 0.2) is 0 Å². The Morgan fingerprint density at radius 1 is 1.11 bits per heavy atom. The maximum absolute atomic E-state index is 12.1. The molecule has 1 saturated carbocycles. The molecule has 0 unspecified atom stereocenters. The Balaban J connectivity index is 2.07. The first kappa shape index (κ1) is 13.7. The molecular formula is C12H14BrNO3S. The maximum Gasteiger partial charge on any atom is 0.240 e. The highest BCUT2D eigenvalue weighted by Gasteiger charge is 2.24. The van der Waals surface area contributed by atoms with Gasteiger partial charge in [-0.2, -0.15) is 0 Å². The number of hydrogen-bond acceptors (Lipinski definition) is 3. The summed E-state index contributed by atoms with van der Waals surface area (Å²) >= 11 is 3.26. The topological polar surface area (TPSA) is 63.2 Å². The number of sulfonamides is 1. The predicted molar refractivity (Wildman–Crippen MR) is 71.7 cm³/mol. The van der Waals surface area contributed by atoms with Gasteiger partial charge in [0.05, 0.1) is 4.90 Å². The lowest BCUT2D eigenvalue weighted by atomic mass is 9.95. The van der Waals surface area contributed by atoms with E-state index >= 15 is 0 Å². The fourth-order valence-corrected chi connectivity index (χ4v) is 3.53. The molecule has 0 aliphatic heterocycles. The fourth-order valence-electron chi connectivity index (χ4n) is 1.96. The SMILES string of the molecule is O=C1CCC(NS(=O)(=O)c2ccc(Br)cc2)CC1. The Morgan fingerprint density at radius 3 is 2.22 bits per heavy atom. The number of nitrogens with one attached hydrogen (secondary N) is 1. The molecule has 0 bridgehead atoms. The van der Waals surface area contributed by atoms with Gasteiger partial charge in [0.1, 0.15) is 5.78 Å². The summed E-state index contributed by atoms with van der Waals surface area (Å²) in [6.45, 7) is 0. The summed E-state index contributed by atoms with van der Waals surface area (Å²) < 4.78 is 27.7. The van der Waals surface area contributed by atoms with E-state index in [9.17, 15) is 13.2 Å². The normalized spacial score (nSPS) is 17.9. The van der Waals surface area contributed by atoms with Crippen LogP contribution in [0.5, 0.6) is 0 Å². The highest BCUT2D eigenvalue weighted by Crippen LogP contribution is 2.19. The Hall–Kier alpha value is -0.720. The minimum absolute atomic E-state index is 0.128. The van der Waals surface area contributed by atoms with Crippen LogP contribution in [0.4, 0.5) is 0 Å². The van der Waals surface area contributed by atoms with Gasteiger partial charge in [-0.05, 0) is 37.1 Å². The molecule has 6 heteroatoms. The van der Waals surface area contributed by atoms with E-state index in [1.165, 1.54) is 0 Å². The number of ketones is 1. The van der Waals surface area contributed by atoms with E-state index < -0.39 is 10.0 Å². The smallest absolute Gasteiger partial charge is 0.240 e. The second kappa shape index (κ2) is 5.50. The van der Waals surface area contributed by atoms with Crippen molar-refractivity contribution in [3.63, 3.8) is 0 Å². The van der Waals surface area contributed by atoms with Gasteiger partial charge in [-0.1, -0.05) is 15.9 Å². The molecule has 0 atom stereocenters.